The van der Waals surface area contributed by atoms with Crippen molar-refractivity contribution in [3.63, 3.8) is 0 Å². The van der Waals surface area contributed by atoms with Gasteiger partial charge in [0.15, 0.2) is 11.5 Å². The maximum atomic E-state index is 12.9. The van der Waals surface area contributed by atoms with Crippen LogP contribution in [-0.2, 0) is 46.4 Å². The number of hydrogen-bond acceptors (Lipinski definition) is 8. The molecule has 0 aromatic heterocycles. The van der Waals surface area contributed by atoms with E-state index < -0.39 is 62.0 Å². The van der Waals surface area contributed by atoms with Crippen LogP contribution in [0.1, 0.15) is 11.1 Å². The molecular weight excluding hydrogens is 537 g/mol. The molecule has 2 aromatic carbocycles. The summed E-state index contributed by atoms with van der Waals surface area (Å²) in [5.41, 5.74) is -5.28. The topological polar surface area (TPSA) is 119 Å². The Bertz CT molecular complexity index is 1330. The highest BCUT2D eigenvalue weighted by Crippen LogP contribution is 2.42. The lowest BCUT2D eigenvalue weighted by molar-refractivity contribution is -0.153. The zero-order valence-corrected chi connectivity index (χ0v) is 20.4. The van der Waals surface area contributed by atoms with Crippen LogP contribution in [0.25, 0.3) is 0 Å². The molecule has 0 saturated carbocycles. The Balaban J connectivity index is 1.55. The van der Waals surface area contributed by atoms with Crippen LogP contribution in [0, 0.1) is 0 Å². The van der Waals surface area contributed by atoms with Crippen LogP contribution < -0.4 is 5.32 Å². The lowest BCUT2D eigenvalue weighted by Gasteiger charge is -2.49. The molecule has 0 radical (unpaired) electrons. The Kier molecular flexibility index (Phi) is 7.50. The van der Waals surface area contributed by atoms with Crippen LogP contribution in [0.15, 0.2) is 72.1 Å². The fourth-order valence-corrected chi connectivity index (χ4v) is 5.45. The highest BCUT2D eigenvalue weighted by atomic mass is 32.2. The van der Waals surface area contributed by atoms with Crippen molar-refractivity contribution in [2.45, 2.75) is 30.0 Å². The number of amides is 2. The van der Waals surface area contributed by atoms with Crippen molar-refractivity contribution in [2.24, 2.45) is 0 Å². The molecule has 1 fully saturated rings. The maximum Gasteiger partial charge on any atom is 0.534 e. The first-order valence-electron chi connectivity index (χ1n) is 10.7. The molecular formula is C23H19F3N2O7S2. The van der Waals surface area contributed by atoms with E-state index in [1.165, 1.54) is 0 Å². The van der Waals surface area contributed by atoms with Crippen LogP contribution in [0.2, 0.25) is 0 Å². The standard InChI is InChI=1S/C23H19F3N2O7S2/c24-23(25,26)37(32,33)35-16-13-36-21-18(27-17(29)11-14-7-3-1-4-8-14)20(30)28(21)19(16)22(31)34-12-15-9-5-2-6-10-15/h1-10,18,21H,11-13H2,(H,27,29)/t18-,21-/m1/s1. The van der Waals surface area contributed by atoms with Gasteiger partial charge in [-0.15, -0.1) is 11.8 Å². The summed E-state index contributed by atoms with van der Waals surface area (Å²) in [5.74, 6) is -3.94. The molecule has 0 bridgehead atoms. The van der Waals surface area contributed by atoms with Crippen molar-refractivity contribution in [1.29, 1.82) is 0 Å². The number of alkyl halides is 3. The maximum absolute atomic E-state index is 12.9. The summed E-state index contributed by atoms with van der Waals surface area (Å²) in [6.45, 7) is -0.292. The van der Waals surface area contributed by atoms with Crippen molar-refractivity contribution in [1.82, 2.24) is 10.2 Å². The Labute approximate surface area is 213 Å². The minimum atomic E-state index is -6.12. The molecule has 2 heterocycles. The first-order chi connectivity index (χ1) is 17.5. The largest absolute Gasteiger partial charge is 0.534 e. The lowest BCUT2D eigenvalue weighted by Crippen LogP contribution is -2.70. The van der Waals surface area contributed by atoms with Gasteiger partial charge >= 0.3 is 21.6 Å². The van der Waals surface area contributed by atoms with Crippen molar-refractivity contribution in [3.05, 3.63) is 83.2 Å². The van der Waals surface area contributed by atoms with E-state index in [9.17, 15) is 36.0 Å². The number of ether oxygens (including phenoxy) is 1. The molecule has 1 saturated heterocycles. The third-order valence-corrected chi connectivity index (χ3v) is 7.60. The molecule has 2 aliphatic rings. The highest BCUT2D eigenvalue weighted by Gasteiger charge is 2.57. The second kappa shape index (κ2) is 10.5. The zero-order valence-electron chi connectivity index (χ0n) is 18.8. The van der Waals surface area contributed by atoms with Gasteiger partial charge in [0.2, 0.25) is 5.91 Å². The van der Waals surface area contributed by atoms with Crippen molar-refractivity contribution >= 4 is 39.7 Å². The molecule has 196 valence electrons. The predicted molar refractivity (Wildman–Crippen MR) is 124 cm³/mol. The first-order valence-corrected chi connectivity index (χ1v) is 13.2. The van der Waals surface area contributed by atoms with Gasteiger partial charge in [-0.25, -0.2) is 4.79 Å². The number of carbonyl (C=O) groups excluding carboxylic acids is 3. The van der Waals surface area contributed by atoms with E-state index in [4.69, 9.17) is 4.74 Å². The smallest absolute Gasteiger partial charge is 0.456 e. The summed E-state index contributed by atoms with van der Waals surface area (Å²) in [7, 11) is -6.12. The van der Waals surface area contributed by atoms with E-state index in [1.807, 2.05) is 0 Å². The third-order valence-electron chi connectivity index (χ3n) is 5.36. The molecule has 2 amide bonds. The number of rotatable bonds is 8. The number of hydrogen-bond donors (Lipinski definition) is 1. The molecule has 14 heteroatoms. The second-order valence-electron chi connectivity index (χ2n) is 7.93. The van der Waals surface area contributed by atoms with Crippen molar-refractivity contribution in [3.8, 4) is 0 Å². The quantitative estimate of drug-likeness (QED) is 0.228. The summed E-state index contributed by atoms with van der Waals surface area (Å²) in [4.78, 5) is 39.0. The number of carbonyl (C=O) groups is 3. The van der Waals surface area contributed by atoms with E-state index in [-0.39, 0.29) is 13.0 Å². The zero-order chi connectivity index (χ0) is 26.8. The summed E-state index contributed by atoms with van der Waals surface area (Å²) < 4.78 is 71.5. The number of β-lactam (4-membered cyclic amide) rings is 1. The molecule has 2 aromatic rings. The Morgan fingerprint density at radius 2 is 1.62 bits per heavy atom. The van der Waals surface area contributed by atoms with Crippen LogP contribution in [-0.4, -0.2) is 53.8 Å². The van der Waals surface area contributed by atoms with Crippen molar-refractivity contribution < 1.29 is 44.9 Å². The van der Waals surface area contributed by atoms with Crippen LogP contribution in [0.3, 0.4) is 0 Å². The molecule has 9 nitrogen and oxygen atoms in total. The third kappa shape index (κ3) is 5.74. The van der Waals surface area contributed by atoms with Gasteiger partial charge in [-0.1, -0.05) is 60.7 Å². The van der Waals surface area contributed by atoms with E-state index >= 15 is 0 Å². The molecule has 2 aliphatic heterocycles. The predicted octanol–water partition coefficient (Wildman–Crippen LogP) is 2.45. The minimum absolute atomic E-state index is 0.0258. The first kappa shape index (κ1) is 26.5. The number of nitrogens with zero attached hydrogens (tertiary/aromatic N) is 1. The Hall–Kier alpha value is -3.52. The number of halogens is 3. The normalized spacial score (nSPS) is 19.5. The Morgan fingerprint density at radius 1 is 1.03 bits per heavy atom. The van der Waals surface area contributed by atoms with Gasteiger partial charge in [-0.3, -0.25) is 14.5 Å². The number of esters is 1. The summed E-state index contributed by atoms with van der Waals surface area (Å²) >= 11 is 0.836. The minimum Gasteiger partial charge on any atom is -0.456 e. The molecule has 2 atom stereocenters. The highest BCUT2D eigenvalue weighted by molar-refractivity contribution is 8.00. The SMILES string of the molecule is O=C(Cc1ccccc1)N[C@@H]1C(=O)N2C(C(=O)OCc3ccccc3)=C(OS(=O)(=O)C(F)(F)F)CS[C@H]12. The lowest BCUT2D eigenvalue weighted by atomic mass is 10.0. The van der Waals surface area contributed by atoms with Crippen molar-refractivity contribution in [2.75, 3.05) is 5.75 Å². The molecule has 0 spiro atoms. The van der Waals surface area contributed by atoms with Gasteiger partial charge in [0.1, 0.15) is 18.0 Å². The number of benzene rings is 2. The average Bonchev–Trinajstić information content (AvgIpc) is 2.86. The summed E-state index contributed by atoms with van der Waals surface area (Å²) in [5, 5.41) is 1.67. The fraction of sp³-hybridized carbons (Fsp3) is 0.261. The monoisotopic (exact) mass is 556 g/mol. The molecule has 37 heavy (non-hydrogen) atoms. The van der Waals surface area contributed by atoms with E-state index in [1.54, 1.807) is 60.7 Å². The number of nitrogens with one attached hydrogen (secondary N) is 1. The number of fused-ring (bicyclic) bond motifs is 1. The molecule has 0 unspecified atom stereocenters. The molecule has 0 aliphatic carbocycles. The van der Waals surface area contributed by atoms with E-state index in [0.29, 0.717) is 11.1 Å². The van der Waals surface area contributed by atoms with Gasteiger partial charge < -0.3 is 14.2 Å². The average molecular weight is 557 g/mol. The molecule has 4 rings (SSSR count). The van der Waals surface area contributed by atoms with Gasteiger partial charge in [-0.05, 0) is 11.1 Å². The summed E-state index contributed by atoms with van der Waals surface area (Å²) in [6.07, 6.45) is -0.0258. The molecule has 1 N–H and O–H groups in total. The van der Waals surface area contributed by atoms with Gasteiger partial charge in [0.25, 0.3) is 5.91 Å². The number of thioether (sulfide) groups is 1. The fourth-order valence-electron chi connectivity index (χ4n) is 3.62. The summed E-state index contributed by atoms with van der Waals surface area (Å²) in [6, 6.07) is 15.9. The van der Waals surface area contributed by atoms with E-state index in [2.05, 4.69) is 9.50 Å². The second-order valence-corrected chi connectivity index (χ2v) is 10.6. The van der Waals surface area contributed by atoms with E-state index in [0.717, 1.165) is 16.7 Å². The van der Waals surface area contributed by atoms with Crippen LogP contribution in [0.5, 0.6) is 0 Å². The van der Waals surface area contributed by atoms with Crippen LogP contribution in [0.4, 0.5) is 13.2 Å². The van der Waals surface area contributed by atoms with Crippen LogP contribution >= 0.6 is 11.8 Å². The Morgan fingerprint density at radius 3 is 2.22 bits per heavy atom. The van der Waals surface area contributed by atoms with Gasteiger partial charge in [-0.2, -0.15) is 21.6 Å². The van der Waals surface area contributed by atoms with Gasteiger partial charge in [0, 0.05) is 0 Å². The van der Waals surface area contributed by atoms with Gasteiger partial charge in [0.05, 0.1) is 12.2 Å².